The number of carbonyl (C=O) groups is 2. The second-order valence-electron chi connectivity index (χ2n) is 6.24. The number of rotatable bonds is 3. The summed E-state index contributed by atoms with van der Waals surface area (Å²) in [6.45, 7) is 0.510. The molecule has 2 amide bonds. The predicted octanol–water partition coefficient (Wildman–Crippen LogP) is 2.95. The van der Waals surface area contributed by atoms with E-state index < -0.39 is 0 Å². The number of carbonyl (C=O) groups excluding carboxylic acids is 2. The fourth-order valence-electron chi connectivity index (χ4n) is 3.43. The van der Waals surface area contributed by atoms with E-state index in [4.69, 9.17) is 0 Å². The number of amides is 2. The molecule has 1 aromatic rings. The molecule has 0 aromatic heterocycles. The highest BCUT2D eigenvalue weighted by molar-refractivity contribution is 5.97. The van der Waals surface area contributed by atoms with Crippen LogP contribution >= 0.6 is 0 Å². The molecule has 0 bridgehead atoms. The molecule has 0 radical (unpaired) electrons. The van der Waals surface area contributed by atoms with Gasteiger partial charge in [0.15, 0.2) is 0 Å². The van der Waals surface area contributed by atoms with Crippen molar-refractivity contribution in [3.8, 4) is 0 Å². The van der Waals surface area contributed by atoms with Gasteiger partial charge in [-0.1, -0.05) is 19.3 Å². The van der Waals surface area contributed by atoms with Crippen molar-refractivity contribution in [3.05, 3.63) is 30.1 Å². The van der Waals surface area contributed by atoms with Crippen molar-refractivity contribution < 1.29 is 14.0 Å². The Bertz CT molecular complexity index is 552. The van der Waals surface area contributed by atoms with Crippen molar-refractivity contribution in [3.63, 3.8) is 0 Å². The lowest BCUT2D eigenvalue weighted by molar-refractivity contribution is -0.130. The minimum Gasteiger partial charge on any atom is -0.339 e. The molecule has 0 spiro atoms. The maximum atomic E-state index is 12.9. The minimum absolute atomic E-state index is 0.0890. The highest BCUT2D eigenvalue weighted by Gasteiger charge is 2.38. The molecule has 4 nitrogen and oxygen atoms in total. The first-order valence-electron chi connectivity index (χ1n) is 7.99. The van der Waals surface area contributed by atoms with Gasteiger partial charge in [0.25, 0.3) is 0 Å². The third-order valence-corrected chi connectivity index (χ3v) is 4.66. The van der Waals surface area contributed by atoms with Crippen LogP contribution in [0.3, 0.4) is 0 Å². The standard InChI is InChI=1S/C17H21FN2O2/c18-13-6-8-14(9-7-13)19-17(22)12-10-16(21)20(11-12)15-4-2-1-3-5-15/h6-9,12,15H,1-5,10-11H2,(H,19,22)/t12-/m1/s1. The molecule has 1 N–H and O–H groups in total. The van der Waals surface area contributed by atoms with Gasteiger partial charge in [0, 0.05) is 24.7 Å². The zero-order chi connectivity index (χ0) is 15.5. The van der Waals surface area contributed by atoms with Crippen LogP contribution in [0.2, 0.25) is 0 Å². The van der Waals surface area contributed by atoms with Crippen molar-refractivity contribution in [2.45, 2.75) is 44.6 Å². The number of nitrogens with one attached hydrogen (secondary N) is 1. The SMILES string of the molecule is O=C(Nc1ccc(F)cc1)[C@@H]1CC(=O)N(C2CCCCC2)C1. The highest BCUT2D eigenvalue weighted by Crippen LogP contribution is 2.29. The Hall–Kier alpha value is -1.91. The number of hydrogen-bond acceptors (Lipinski definition) is 2. The van der Waals surface area contributed by atoms with Crippen LogP contribution in [0, 0.1) is 11.7 Å². The lowest BCUT2D eigenvalue weighted by Gasteiger charge is -2.31. The summed E-state index contributed by atoms with van der Waals surface area (Å²) in [5.41, 5.74) is 0.565. The van der Waals surface area contributed by atoms with Crippen LogP contribution in [0.4, 0.5) is 10.1 Å². The van der Waals surface area contributed by atoms with Gasteiger partial charge >= 0.3 is 0 Å². The molecule has 1 aromatic carbocycles. The number of hydrogen-bond donors (Lipinski definition) is 1. The predicted molar refractivity (Wildman–Crippen MR) is 81.7 cm³/mol. The van der Waals surface area contributed by atoms with Gasteiger partial charge < -0.3 is 10.2 Å². The van der Waals surface area contributed by atoms with Crippen LogP contribution in [0.25, 0.3) is 0 Å². The van der Waals surface area contributed by atoms with Gasteiger partial charge in [-0.25, -0.2) is 4.39 Å². The molecule has 1 aliphatic heterocycles. The minimum atomic E-state index is -0.336. The average Bonchev–Trinajstić information content (AvgIpc) is 2.92. The molecule has 1 aliphatic carbocycles. The van der Waals surface area contributed by atoms with Crippen molar-refractivity contribution in [1.82, 2.24) is 4.90 Å². The van der Waals surface area contributed by atoms with Gasteiger partial charge in [-0.2, -0.15) is 0 Å². The van der Waals surface area contributed by atoms with Gasteiger partial charge in [0.2, 0.25) is 11.8 Å². The average molecular weight is 304 g/mol. The summed E-state index contributed by atoms with van der Waals surface area (Å²) in [6.07, 6.45) is 5.97. The topological polar surface area (TPSA) is 49.4 Å². The summed E-state index contributed by atoms with van der Waals surface area (Å²) in [5, 5.41) is 2.77. The van der Waals surface area contributed by atoms with Crippen LogP contribution in [-0.2, 0) is 9.59 Å². The summed E-state index contributed by atoms with van der Waals surface area (Å²) in [5.74, 6) is -0.707. The van der Waals surface area contributed by atoms with E-state index in [9.17, 15) is 14.0 Å². The van der Waals surface area contributed by atoms with E-state index in [1.165, 1.54) is 43.5 Å². The lowest BCUT2D eigenvalue weighted by atomic mass is 9.94. The molecule has 1 saturated carbocycles. The summed E-state index contributed by atoms with van der Waals surface area (Å²) < 4.78 is 12.9. The molecule has 2 fully saturated rings. The Balaban J connectivity index is 1.59. The van der Waals surface area contributed by atoms with Gasteiger partial charge in [-0.3, -0.25) is 9.59 Å². The van der Waals surface area contributed by atoms with Crippen LogP contribution in [-0.4, -0.2) is 29.3 Å². The van der Waals surface area contributed by atoms with Crippen molar-refractivity contribution in [2.24, 2.45) is 5.92 Å². The van der Waals surface area contributed by atoms with Gasteiger partial charge in [-0.05, 0) is 37.1 Å². The maximum Gasteiger partial charge on any atom is 0.229 e. The van der Waals surface area contributed by atoms with E-state index in [2.05, 4.69) is 5.32 Å². The molecule has 1 heterocycles. The van der Waals surface area contributed by atoms with Gasteiger partial charge in [0.1, 0.15) is 5.82 Å². The lowest BCUT2D eigenvalue weighted by Crippen LogP contribution is -2.38. The Kier molecular flexibility index (Phi) is 4.41. The Morgan fingerprint density at radius 1 is 1.14 bits per heavy atom. The first-order valence-corrected chi connectivity index (χ1v) is 7.99. The number of halogens is 1. The van der Waals surface area contributed by atoms with Gasteiger partial charge in [-0.15, -0.1) is 0 Å². The monoisotopic (exact) mass is 304 g/mol. The molecule has 1 saturated heterocycles. The van der Waals surface area contributed by atoms with Crippen LogP contribution in [0.1, 0.15) is 38.5 Å². The summed E-state index contributed by atoms with van der Waals surface area (Å²) in [4.78, 5) is 26.4. The van der Waals surface area contributed by atoms with Gasteiger partial charge in [0.05, 0.1) is 5.92 Å². The molecule has 5 heteroatoms. The van der Waals surface area contributed by atoms with Crippen molar-refractivity contribution >= 4 is 17.5 Å². The third kappa shape index (κ3) is 3.29. The fourth-order valence-corrected chi connectivity index (χ4v) is 3.43. The molecule has 22 heavy (non-hydrogen) atoms. The summed E-state index contributed by atoms with van der Waals surface area (Å²) >= 11 is 0. The normalized spacial score (nSPS) is 22.9. The second kappa shape index (κ2) is 6.46. The van der Waals surface area contributed by atoms with E-state index in [1.807, 2.05) is 4.90 Å². The Morgan fingerprint density at radius 2 is 1.82 bits per heavy atom. The van der Waals surface area contributed by atoms with E-state index in [-0.39, 0.29) is 30.0 Å². The zero-order valence-corrected chi connectivity index (χ0v) is 12.6. The zero-order valence-electron chi connectivity index (χ0n) is 12.6. The first-order chi connectivity index (χ1) is 10.6. The number of likely N-dealkylation sites (tertiary alicyclic amines) is 1. The molecule has 0 unspecified atom stereocenters. The molecule has 1 atom stereocenters. The van der Waals surface area contributed by atoms with E-state index in [0.29, 0.717) is 18.3 Å². The number of benzene rings is 1. The third-order valence-electron chi connectivity index (χ3n) is 4.66. The molecular weight excluding hydrogens is 283 g/mol. The molecular formula is C17H21FN2O2. The fraction of sp³-hybridized carbons (Fsp3) is 0.529. The summed E-state index contributed by atoms with van der Waals surface area (Å²) in [6, 6.07) is 5.99. The van der Waals surface area contributed by atoms with Crippen molar-refractivity contribution in [2.75, 3.05) is 11.9 Å². The van der Waals surface area contributed by atoms with E-state index in [1.54, 1.807) is 0 Å². The number of anilines is 1. The van der Waals surface area contributed by atoms with Crippen LogP contribution < -0.4 is 5.32 Å². The van der Waals surface area contributed by atoms with Crippen LogP contribution in [0.15, 0.2) is 24.3 Å². The van der Waals surface area contributed by atoms with Crippen LogP contribution in [0.5, 0.6) is 0 Å². The quantitative estimate of drug-likeness (QED) is 0.933. The van der Waals surface area contributed by atoms with Crippen molar-refractivity contribution in [1.29, 1.82) is 0 Å². The highest BCUT2D eigenvalue weighted by atomic mass is 19.1. The summed E-state index contributed by atoms with van der Waals surface area (Å²) in [7, 11) is 0. The first kappa shape index (κ1) is 15.0. The Morgan fingerprint density at radius 3 is 2.50 bits per heavy atom. The molecule has 3 rings (SSSR count). The smallest absolute Gasteiger partial charge is 0.229 e. The maximum absolute atomic E-state index is 12.9. The molecule has 2 aliphatic rings. The van der Waals surface area contributed by atoms with E-state index in [0.717, 1.165) is 12.8 Å². The Labute approximate surface area is 129 Å². The van der Waals surface area contributed by atoms with E-state index >= 15 is 0 Å². The largest absolute Gasteiger partial charge is 0.339 e. The molecule has 118 valence electrons. The second-order valence-corrected chi connectivity index (χ2v) is 6.24. The number of nitrogens with zero attached hydrogens (tertiary/aromatic N) is 1.